The summed E-state index contributed by atoms with van der Waals surface area (Å²) in [6.45, 7) is 0. The maximum Gasteiger partial charge on any atom is 0.248 e. The molecule has 3 aromatic rings. The monoisotopic (exact) mass is 438 g/mol. The summed E-state index contributed by atoms with van der Waals surface area (Å²) >= 11 is 8.16. The number of aldehydes is 1. The number of rotatable bonds is 3. The molecule has 0 spiro atoms. The summed E-state index contributed by atoms with van der Waals surface area (Å²) in [6.07, 6.45) is 0.788. The van der Waals surface area contributed by atoms with Crippen LogP contribution in [0.3, 0.4) is 0 Å². The summed E-state index contributed by atoms with van der Waals surface area (Å²) in [7, 11) is 0. The minimum atomic E-state index is -0.524. The molecule has 0 radical (unpaired) electrons. The zero-order valence-electron chi connectivity index (χ0n) is 14.9. The van der Waals surface area contributed by atoms with E-state index in [2.05, 4.69) is 4.98 Å². The van der Waals surface area contributed by atoms with Crippen LogP contribution in [0.1, 0.15) is 26.7 Å². The summed E-state index contributed by atoms with van der Waals surface area (Å²) in [5.74, 6) is -1.22. The number of para-hydroxylation sites is 1. The summed E-state index contributed by atoms with van der Waals surface area (Å²) in [5, 5.41) is 0.327. The molecule has 1 fully saturated rings. The van der Waals surface area contributed by atoms with Crippen LogP contribution in [0.4, 0.5) is 5.69 Å². The smallest absolute Gasteiger partial charge is 0.248 e. The first-order chi connectivity index (χ1) is 14.1. The first-order valence-corrected chi connectivity index (χ1v) is 11.1. The van der Waals surface area contributed by atoms with Gasteiger partial charge in [-0.05, 0) is 29.9 Å². The van der Waals surface area contributed by atoms with Gasteiger partial charge in [0.2, 0.25) is 11.8 Å². The average Bonchev–Trinajstić information content (AvgIpc) is 3.23. The van der Waals surface area contributed by atoms with Gasteiger partial charge in [-0.2, -0.15) is 0 Å². The summed E-state index contributed by atoms with van der Waals surface area (Å²) < 4.78 is 0.622. The fraction of sp³-hybridized carbons (Fsp3) is 0.143. The van der Waals surface area contributed by atoms with Gasteiger partial charge in [0.15, 0.2) is 3.95 Å². The Bertz CT molecular complexity index is 1180. The normalized spacial score (nSPS) is 23.0. The highest BCUT2D eigenvalue weighted by Gasteiger charge is 2.56. The Morgan fingerprint density at radius 1 is 1.00 bits per heavy atom. The largest absolute Gasteiger partial charge is 0.332 e. The molecule has 5 rings (SSSR count). The van der Waals surface area contributed by atoms with Crippen molar-refractivity contribution in [1.82, 2.24) is 4.98 Å². The number of amides is 2. The van der Waals surface area contributed by atoms with Crippen molar-refractivity contribution in [3.63, 3.8) is 0 Å². The second-order valence-corrected chi connectivity index (χ2v) is 9.75. The number of imide groups is 1. The third-order valence-electron chi connectivity index (χ3n) is 5.27. The van der Waals surface area contributed by atoms with E-state index < -0.39 is 11.2 Å². The minimum Gasteiger partial charge on any atom is -0.332 e. The highest BCUT2D eigenvalue weighted by molar-refractivity contribution is 8.01. The number of benzene rings is 2. The third-order valence-corrected chi connectivity index (χ3v) is 8.02. The minimum absolute atomic E-state index is 0.201. The highest BCUT2D eigenvalue weighted by atomic mass is 32.2. The number of carbonyl (C=O) groups is 3. The number of carbonyl (C=O) groups excluding carboxylic acids is 3. The summed E-state index contributed by atoms with van der Waals surface area (Å²) in [4.78, 5) is 43.2. The number of fused-ring (bicyclic) bond motifs is 2. The van der Waals surface area contributed by atoms with Gasteiger partial charge >= 0.3 is 0 Å². The molecule has 8 heteroatoms. The molecule has 0 aliphatic carbocycles. The van der Waals surface area contributed by atoms with Crippen LogP contribution in [0.5, 0.6) is 0 Å². The second-order valence-electron chi connectivity index (χ2n) is 6.88. The fourth-order valence-corrected chi connectivity index (χ4v) is 6.95. The molecule has 2 aliphatic rings. The molecular formula is C21H14N2O3S3. The number of thioether (sulfide) groups is 1. The lowest BCUT2D eigenvalue weighted by Gasteiger charge is -2.29. The number of aromatic amines is 1. The highest BCUT2D eigenvalue weighted by Crippen LogP contribution is 2.53. The second kappa shape index (κ2) is 7.05. The van der Waals surface area contributed by atoms with Gasteiger partial charge in [-0.25, -0.2) is 4.90 Å². The number of anilines is 1. The molecular weight excluding hydrogens is 424 g/mol. The van der Waals surface area contributed by atoms with Crippen molar-refractivity contribution < 1.29 is 14.4 Å². The first-order valence-electron chi connectivity index (χ1n) is 8.96. The molecule has 29 heavy (non-hydrogen) atoms. The Labute approximate surface area is 179 Å². The lowest BCUT2D eigenvalue weighted by molar-refractivity contribution is -0.122. The Morgan fingerprint density at radius 2 is 1.72 bits per heavy atom. The van der Waals surface area contributed by atoms with Crippen LogP contribution in [0, 0.1) is 9.87 Å². The van der Waals surface area contributed by atoms with E-state index in [-0.39, 0.29) is 17.7 Å². The van der Waals surface area contributed by atoms with E-state index in [1.165, 1.54) is 28.0 Å². The predicted molar refractivity (Wildman–Crippen MR) is 115 cm³/mol. The van der Waals surface area contributed by atoms with Crippen LogP contribution in [-0.4, -0.2) is 28.3 Å². The van der Waals surface area contributed by atoms with Crippen molar-refractivity contribution in [3.8, 4) is 0 Å². The molecule has 5 nitrogen and oxygen atoms in total. The van der Waals surface area contributed by atoms with Crippen molar-refractivity contribution in [1.29, 1.82) is 0 Å². The van der Waals surface area contributed by atoms with Crippen LogP contribution in [0.25, 0.3) is 0 Å². The van der Waals surface area contributed by atoms with Crippen LogP contribution in [0.15, 0.2) is 59.6 Å². The molecule has 2 amide bonds. The zero-order valence-corrected chi connectivity index (χ0v) is 17.4. The zero-order chi connectivity index (χ0) is 20.1. The maximum atomic E-state index is 13.5. The number of thiazole rings is 1. The number of nitrogens with one attached hydrogen (secondary N) is 1. The van der Waals surface area contributed by atoms with Crippen LogP contribution in [0.2, 0.25) is 0 Å². The first kappa shape index (κ1) is 18.5. The Kier molecular flexibility index (Phi) is 4.49. The quantitative estimate of drug-likeness (QED) is 0.373. The van der Waals surface area contributed by atoms with Gasteiger partial charge in [0.05, 0.1) is 16.6 Å². The van der Waals surface area contributed by atoms with E-state index >= 15 is 0 Å². The van der Waals surface area contributed by atoms with Crippen molar-refractivity contribution >= 4 is 59.1 Å². The van der Waals surface area contributed by atoms with E-state index in [1.807, 2.05) is 30.3 Å². The van der Waals surface area contributed by atoms with Crippen molar-refractivity contribution in [2.24, 2.45) is 5.92 Å². The Balaban J connectivity index is 1.65. The molecule has 0 bridgehead atoms. The number of nitrogens with zero attached hydrogens (tertiary/aromatic N) is 1. The maximum absolute atomic E-state index is 13.5. The van der Waals surface area contributed by atoms with Gasteiger partial charge < -0.3 is 4.98 Å². The number of hydrogen-bond donors (Lipinski definition) is 1. The van der Waals surface area contributed by atoms with E-state index in [0.717, 1.165) is 21.8 Å². The van der Waals surface area contributed by atoms with Gasteiger partial charge in [0.25, 0.3) is 0 Å². The molecule has 3 heterocycles. The number of H-pyrrole nitrogens is 1. The lowest BCUT2D eigenvalue weighted by Crippen LogP contribution is -2.32. The van der Waals surface area contributed by atoms with Crippen molar-refractivity contribution in [3.05, 3.63) is 74.6 Å². The predicted octanol–water partition coefficient (Wildman–Crippen LogP) is 4.41. The summed E-state index contributed by atoms with van der Waals surface area (Å²) in [6, 6.07) is 16.2. The standard InChI is InChI=1S/C21H14N2O3S3/c24-10-11-6-8-12(9-7-11)14-15-17(28-18-16(14)29-21(27)22-18)20(26)23(19(15)25)13-4-2-1-3-5-13/h1-10,14-15,17H,(H,22,27). The van der Waals surface area contributed by atoms with E-state index in [1.54, 1.807) is 24.3 Å². The molecule has 2 aliphatic heterocycles. The van der Waals surface area contributed by atoms with Crippen molar-refractivity contribution in [2.75, 3.05) is 4.90 Å². The SMILES string of the molecule is O=Cc1ccc(C2c3sc(=S)[nH]c3SC3C(=O)N(c4ccccc4)C(=O)C32)cc1. The van der Waals surface area contributed by atoms with Gasteiger partial charge in [-0.3, -0.25) is 14.4 Å². The number of hydrogen-bond acceptors (Lipinski definition) is 6. The van der Waals surface area contributed by atoms with Gasteiger partial charge in [-0.15, -0.1) is 11.3 Å². The van der Waals surface area contributed by atoms with E-state index in [0.29, 0.717) is 15.2 Å². The molecule has 1 saturated heterocycles. The van der Waals surface area contributed by atoms with Crippen LogP contribution >= 0.6 is 35.3 Å². The third kappa shape index (κ3) is 2.90. The summed E-state index contributed by atoms with van der Waals surface area (Å²) in [5.41, 5.74) is 2.05. The van der Waals surface area contributed by atoms with Crippen LogP contribution < -0.4 is 4.90 Å². The van der Waals surface area contributed by atoms with Crippen molar-refractivity contribution in [2.45, 2.75) is 16.2 Å². The molecule has 144 valence electrons. The topological polar surface area (TPSA) is 70.2 Å². The van der Waals surface area contributed by atoms with Gasteiger partial charge in [-0.1, -0.05) is 54.2 Å². The van der Waals surface area contributed by atoms with Crippen LogP contribution in [-0.2, 0) is 9.59 Å². The molecule has 2 aromatic carbocycles. The Hall–Kier alpha value is -2.55. The number of aromatic nitrogens is 1. The molecule has 1 aromatic heterocycles. The van der Waals surface area contributed by atoms with Gasteiger partial charge in [0.1, 0.15) is 11.5 Å². The fourth-order valence-electron chi connectivity index (χ4n) is 3.99. The average molecular weight is 439 g/mol. The van der Waals surface area contributed by atoms with E-state index in [4.69, 9.17) is 12.2 Å². The molecule has 1 N–H and O–H groups in total. The molecule has 3 atom stereocenters. The van der Waals surface area contributed by atoms with Gasteiger partial charge in [0, 0.05) is 16.4 Å². The van der Waals surface area contributed by atoms with E-state index in [9.17, 15) is 14.4 Å². The molecule has 3 unspecified atom stereocenters. The lowest BCUT2D eigenvalue weighted by atomic mass is 9.83. The molecule has 0 saturated carbocycles. The Morgan fingerprint density at radius 3 is 2.41 bits per heavy atom.